The molecule has 1 aliphatic rings. The van der Waals surface area contributed by atoms with Gasteiger partial charge in [0.05, 0.1) is 18.2 Å². The number of piperazine rings is 1. The Kier molecular flexibility index (Phi) is 5.81. The summed E-state index contributed by atoms with van der Waals surface area (Å²) in [7, 11) is 3.74. The minimum absolute atomic E-state index is 0.131. The number of methoxy groups -OCH3 is 1. The Bertz CT molecular complexity index is 1110. The highest BCUT2D eigenvalue weighted by molar-refractivity contribution is 5.80. The number of nitrogens with zero attached hydrogens (tertiary/aromatic N) is 6. The second-order valence-corrected chi connectivity index (χ2v) is 8.86. The summed E-state index contributed by atoms with van der Waals surface area (Å²) < 4.78 is 7.19. The van der Waals surface area contributed by atoms with Crippen molar-refractivity contribution in [1.82, 2.24) is 35.0 Å². The molecule has 2 aromatic heterocycles. The lowest BCUT2D eigenvalue weighted by Gasteiger charge is -2.38. The van der Waals surface area contributed by atoms with E-state index in [-0.39, 0.29) is 17.1 Å². The molecule has 166 valence electrons. The molecule has 0 spiro atoms. The summed E-state index contributed by atoms with van der Waals surface area (Å²) in [5.41, 5.74) is 1.01. The van der Waals surface area contributed by atoms with E-state index < -0.39 is 0 Å². The van der Waals surface area contributed by atoms with E-state index in [4.69, 9.17) is 4.74 Å². The molecule has 9 nitrogen and oxygen atoms in total. The van der Waals surface area contributed by atoms with Crippen molar-refractivity contribution in [3.8, 4) is 5.75 Å². The molecule has 0 bridgehead atoms. The van der Waals surface area contributed by atoms with Crippen LogP contribution < -0.4 is 10.3 Å². The Hall–Kier alpha value is -2.78. The van der Waals surface area contributed by atoms with Crippen molar-refractivity contribution in [2.45, 2.75) is 38.8 Å². The van der Waals surface area contributed by atoms with Gasteiger partial charge in [0.1, 0.15) is 11.8 Å². The van der Waals surface area contributed by atoms with Crippen molar-refractivity contribution in [1.29, 1.82) is 0 Å². The van der Waals surface area contributed by atoms with Crippen LogP contribution in [0, 0.1) is 0 Å². The molecule has 0 amide bonds. The van der Waals surface area contributed by atoms with Gasteiger partial charge in [0.15, 0.2) is 5.82 Å². The maximum Gasteiger partial charge on any atom is 0.253 e. The third-order valence-electron chi connectivity index (χ3n) is 6.46. The van der Waals surface area contributed by atoms with Gasteiger partial charge in [-0.05, 0) is 61.3 Å². The highest BCUT2D eigenvalue weighted by Crippen LogP contribution is 2.31. The molecule has 0 saturated carbocycles. The molecule has 1 aromatic carbocycles. The molecule has 0 unspecified atom stereocenters. The summed E-state index contributed by atoms with van der Waals surface area (Å²) in [6.45, 7) is 9.87. The second-order valence-electron chi connectivity index (χ2n) is 8.86. The van der Waals surface area contributed by atoms with Gasteiger partial charge in [-0.15, -0.1) is 5.10 Å². The van der Waals surface area contributed by atoms with Gasteiger partial charge in [-0.25, -0.2) is 4.68 Å². The Morgan fingerprint density at radius 1 is 1.19 bits per heavy atom. The summed E-state index contributed by atoms with van der Waals surface area (Å²) >= 11 is 0. The number of aromatic nitrogens is 5. The van der Waals surface area contributed by atoms with Gasteiger partial charge in [-0.2, -0.15) is 0 Å². The predicted molar refractivity (Wildman–Crippen MR) is 119 cm³/mol. The van der Waals surface area contributed by atoms with Gasteiger partial charge in [-0.3, -0.25) is 9.69 Å². The van der Waals surface area contributed by atoms with E-state index in [0.717, 1.165) is 43.5 Å². The highest BCUT2D eigenvalue weighted by atomic mass is 16.5. The van der Waals surface area contributed by atoms with E-state index in [1.807, 2.05) is 28.9 Å². The zero-order valence-corrected chi connectivity index (χ0v) is 18.9. The molecule has 31 heavy (non-hydrogen) atoms. The standard InChI is InChI=1S/C22H31N7O2/c1-6-22(2,3)29-20(24-25-26-29)19(28-11-9-27(4)10-12-28)17-13-15-7-8-16(31-5)14-18(15)23-21(17)30/h7-8,13-14,19H,6,9-12H2,1-5H3,(H,23,30)/t19-/m1/s1. The number of hydrogen-bond acceptors (Lipinski definition) is 7. The number of benzene rings is 1. The minimum Gasteiger partial charge on any atom is -0.497 e. The first-order valence-corrected chi connectivity index (χ1v) is 10.8. The Balaban J connectivity index is 1.87. The van der Waals surface area contributed by atoms with Gasteiger partial charge in [-0.1, -0.05) is 6.92 Å². The molecule has 1 saturated heterocycles. The number of likely N-dealkylation sites (N-methyl/N-ethyl adjacent to an activating group) is 1. The smallest absolute Gasteiger partial charge is 0.253 e. The van der Waals surface area contributed by atoms with Crippen molar-refractivity contribution in [2.24, 2.45) is 0 Å². The van der Waals surface area contributed by atoms with Gasteiger partial charge in [0.25, 0.3) is 5.56 Å². The topological polar surface area (TPSA) is 92.2 Å². The van der Waals surface area contributed by atoms with Crippen molar-refractivity contribution in [2.75, 3.05) is 40.3 Å². The summed E-state index contributed by atoms with van der Waals surface area (Å²) in [5.74, 6) is 1.41. The molecule has 1 N–H and O–H groups in total. The lowest BCUT2D eigenvalue weighted by atomic mass is 9.99. The Morgan fingerprint density at radius 3 is 2.61 bits per heavy atom. The number of ether oxygens (including phenoxy) is 1. The first kappa shape index (κ1) is 21.5. The van der Waals surface area contributed by atoms with Crippen LogP contribution in [0.1, 0.15) is 44.6 Å². The fourth-order valence-electron chi connectivity index (χ4n) is 4.05. The van der Waals surface area contributed by atoms with E-state index in [0.29, 0.717) is 17.1 Å². The Morgan fingerprint density at radius 2 is 1.94 bits per heavy atom. The monoisotopic (exact) mass is 425 g/mol. The SMILES string of the molecule is CCC(C)(C)n1nnnc1[C@@H](c1cc2ccc(OC)cc2[nH]c1=O)N1CCN(C)CC1. The number of aromatic amines is 1. The van der Waals surface area contributed by atoms with E-state index in [1.165, 1.54) is 0 Å². The number of hydrogen-bond donors (Lipinski definition) is 1. The normalized spacial score (nSPS) is 17.2. The van der Waals surface area contributed by atoms with Gasteiger partial charge in [0.2, 0.25) is 0 Å². The van der Waals surface area contributed by atoms with Gasteiger partial charge < -0.3 is 14.6 Å². The van der Waals surface area contributed by atoms with Crippen LogP contribution in [0.2, 0.25) is 0 Å². The molecule has 3 aromatic rings. The molecular weight excluding hydrogens is 394 g/mol. The van der Waals surface area contributed by atoms with Crippen molar-refractivity contribution < 1.29 is 4.74 Å². The average Bonchev–Trinajstić information content (AvgIpc) is 3.25. The number of nitrogens with one attached hydrogen (secondary N) is 1. The largest absolute Gasteiger partial charge is 0.497 e. The summed E-state index contributed by atoms with van der Waals surface area (Å²) in [6.07, 6.45) is 0.869. The van der Waals surface area contributed by atoms with Crippen LogP contribution >= 0.6 is 0 Å². The quantitative estimate of drug-likeness (QED) is 0.646. The molecule has 1 atom stereocenters. The molecule has 1 aliphatic heterocycles. The third-order valence-corrected chi connectivity index (χ3v) is 6.46. The fourth-order valence-corrected chi connectivity index (χ4v) is 4.05. The third kappa shape index (κ3) is 4.07. The number of tetrazole rings is 1. The predicted octanol–water partition coefficient (Wildman–Crippen LogP) is 2.01. The highest BCUT2D eigenvalue weighted by Gasteiger charge is 2.35. The number of rotatable bonds is 6. The summed E-state index contributed by atoms with van der Waals surface area (Å²) in [5, 5.41) is 13.7. The minimum atomic E-state index is -0.329. The van der Waals surface area contributed by atoms with E-state index >= 15 is 0 Å². The molecule has 0 aliphatic carbocycles. The van der Waals surface area contributed by atoms with Gasteiger partial charge >= 0.3 is 0 Å². The summed E-state index contributed by atoms with van der Waals surface area (Å²) in [4.78, 5) is 20.9. The van der Waals surface area contributed by atoms with Crippen LogP contribution in [0.25, 0.3) is 10.9 Å². The van der Waals surface area contributed by atoms with Crippen molar-refractivity contribution >= 4 is 10.9 Å². The Labute approximate surface area is 182 Å². The molecular formula is C22H31N7O2. The van der Waals surface area contributed by atoms with Crippen LogP contribution in [-0.2, 0) is 5.54 Å². The average molecular weight is 426 g/mol. The maximum absolute atomic E-state index is 13.3. The van der Waals surface area contributed by atoms with E-state index in [9.17, 15) is 4.79 Å². The second kappa shape index (κ2) is 8.39. The van der Waals surface area contributed by atoms with Crippen LogP contribution in [0.4, 0.5) is 0 Å². The van der Waals surface area contributed by atoms with Crippen molar-refractivity contribution in [3.05, 3.63) is 46.0 Å². The molecule has 1 fully saturated rings. The zero-order chi connectivity index (χ0) is 22.2. The van der Waals surface area contributed by atoms with Crippen LogP contribution in [0.3, 0.4) is 0 Å². The lowest BCUT2D eigenvalue weighted by Crippen LogP contribution is -2.48. The molecule has 3 heterocycles. The zero-order valence-electron chi connectivity index (χ0n) is 18.9. The number of fused-ring (bicyclic) bond motifs is 1. The van der Waals surface area contributed by atoms with Crippen LogP contribution in [0.15, 0.2) is 29.1 Å². The maximum atomic E-state index is 13.3. The van der Waals surface area contributed by atoms with E-state index in [1.54, 1.807) is 7.11 Å². The molecule has 0 radical (unpaired) electrons. The lowest BCUT2D eigenvalue weighted by molar-refractivity contribution is 0.117. The van der Waals surface area contributed by atoms with Crippen LogP contribution in [0.5, 0.6) is 5.75 Å². The number of pyridine rings is 1. The van der Waals surface area contributed by atoms with Crippen molar-refractivity contribution in [3.63, 3.8) is 0 Å². The van der Waals surface area contributed by atoms with E-state index in [2.05, 4.69) is 58.1 Å². The number of H-pyrrole nitrogens is 1. The first-order chi connectivity index (χ1) is 14.8. The first-order valence-electron chi connectivity index (χ1n) is 10.8. The molecule has 4 rings (SSSR count). The van der Waals surface area contributed by atoms with Gasteiger partial charge in [0, 0.05) is 37.8 Å². The molecule has 9 heteroatoms. The van der Waals surface area contributed by atoms with Crippen LogP contribution in [-0.4, -0.2) is 75.3 Å². The fraction of sp³-hybridized carbons (Fsp3) is 0.545. The summed E-state index contributed by atoms with van der Waals surface area (Å²) in [6, 6.07) is 7.35.